The molecule has 1 fully saturated rings. The molecule has 0 spiro atoms. The molecule has 0 N–H and O–H groups in total. The lowest BCUT2D eigenvalue weighted by Gasteiger charge is -2.37. The van der Waals surface area contributed by atoms with E-state index >= 15 is 0 Å². The fourth-order valence-electron chi connectivity index (χ4n) is 4.34. The van der Waals surface area contributed by atoms with Crippen LogP contribution in [-0.2, 0) is 21.0 Å². The standard InChI is InChI=1S/C27H28F3N3O3S/c1-20-8-6-13-25(21(20)2)33(37(35,36)24-11-4-3-5-12-24)19-26(34)32-16-14-31(15-17-32)23-10-7-9-22(18-23)27(28,29)30/h3-13,18H,14-17,19H2,1-2H3. The van der Waals surface area contributed by atoms with Crippen molar-refractivity contribution < 1.29 is 26.4 Å². The van der Waals surface area contributed by atoms with Crippen molar-refractivity contribution in [2.75, 3.05) is 41.9 Å². The second kappa shape index (κ2) is 10.5. The monoisotopic (exact) mass is 531 g/mol. The zero-order valence-corrected chi connectivity index (χ0v) is 21.4. The van der Waals surface area contributed by atoms with Crippen LogP contribution in [0.4, 0.5) is 24.5 Å². The lowest BCUT2D eigenvalue weighted by molar-refractivity contribution is -0.137. The molecule has 196 valence electrons. The Balaban J connectivity index is 1.54. The number of nitrogens with zero attached hydrogens (tertiary/aromatic N) is 3. The number of carbonyl (C=O) groups excluding carboxylic acids is 1. The summed E-state index contributed by atoms with van der Waals surface area (Å²) in [5, 5.41) is 0. The summed E-state index contributed by atoms with van der Waals surface area (Å²) in [5.74, 6) is -0.371. The molecule has 6 nitrogen and oxygen atoms in total. The van der Waals surface area contributed by atoms with E-state index in [1.54, 1.807) is 46.2 Å². The van der Waals surface area contributed by atoms with Gasteiger partial charge in [-0.1, -0.05) is 36.4 Å². The summed E-state index contributed by atoms with van der Waals surface area (Å²) in [6.07, 6.45) is -4.44. The van der Waals surface area contributed by atoms with Gasteiger partial charge in [-0.3, -0.25) is 9.10 Å². The Kier molecular flexibility index (Phi) is 7.49. The van der Waals surface area contributed by atoms with Crippen LogP contribution in [0.2, 0.25) is 0 Å². The van der Waals surface area contributed by atoms with Crippen LogP contribution < -0.4 is 9.21 Å². The van der Waals surface area contributed by atoms with Gasteiger partial charge in [0.2, 0.25) is 5.91 Å². The van der Waals surface area contributed by atoms with Crippen LogP contribution in [0.1, 0.15) is 16.7 Å². The summed E-state index contributed by atoms with van der Waals surface area (Å²) in [4.78, 5) is 16.8. The van der Waals surface area contributed by atoms with Crippen molar-refractivity contribution in [2.24, 2.45) is 0 Å². The highest BCUT2D eigenvalue weighted by Crippen LogP contribution is 2.32. The maximum absolute atomic E-state index is 13.6. The van der Waals surface area contributed by atoms with Gasteiger partial charge in [-0.05, 0) is 61.4 Å². The summed E-state index contributed by atoms with van der Waals surface area (Å²) >= 11 is 0. The average molecular weight is 532 g/mol. The molecule has 1 amide bonds. The highest BCUT2D eigenvalue weighted by molar-refractivity contribution is 7.92. The number of sulfonamides is 1. The summed E-state index contributed by atoms with van der Waals surface area (Å²) in [6, 6.07) is 18.4. The van der Waals surface area contributed by atoms with Crippen molar-refractivity contribution in [1.82, 2.24) is 4.90 Å². The maximum atomic E-state index is 13.6. The zero-order chi connectivity index (χ0) is 26.8. The molecule has 0 saturated carbocycles. The Bertz CT molecular complexity index is 1370. The summed E-state index contributed by atoms with van der Waals surface area (Å²) < 4.78 is 67.7. The average Bonchev–Trinajstić information content (AvgIpc) is 2.89. The number of halogens is 3. The summed E-state index contributed by atoms with van der Waals surface area (Å²) in [6.45, 7) is 4.51. The van der Waals surface area contributed by atoms with E-state index in [0.717, 1.165) is 27.6 Å². The molecule has 4 rings (SSSR count). The van der Waals surface area contributed by atoms with E-state index in [1.807, 2.05) is 19.9 Å². The number of aryl methyl sites for hydroxylation is 1. The second-order valence-corrected chi connectivity index (χ2v) is 10.8. The van der Waals surface area contributed by atoms with Gasteiger partial charge >= 0.3 is 6.18 Å². The third-order valence-electron chi connectivity index (χ3n) is 6.63. The molecular weight excluding hydrogens is 503 g/mol. The minimum Gasteiger partial charge on any atom is -0.368 e. The van der Waals surface area contributed by atoms with Crippen molar-refractivity contribution in [3.8, 4) is 0 Å². The molecule has 1 aliphatic rings. The lowest BCUT2D eigenvalue weighted by atomic mass is 10.1. The molecule has 10 heteroatoms. The predicted molar refractivity (Wildman–Crippen MR) is 137 cm³/mol. The zero-order valence-electron chi connectivity index (χ0n) is 20.6. The van der Waals surface area contributed by atoms with E-state index in [-0.39, 0.29) is 30.4 Å². The molecule has 3 aromatic carbocycles. The minimum absolute atomic E-state index is 0.0815. The van der Waals surface area contributed by atoms with Crippen LogP contribution >= 0.6 is 0 Å². The molecule has 1 heterocycles. The van der Waals surface area contributed by atoms with Crippen molar-refractivity contribution in [3.63, 3.8) is 0 Å². The number of alkyl halides is 3. The third-order valence-corrected chi connectivity index (χ3v) is 8.40. The molecule has 3 aromatic rings. The first-order valence-electron chi connectivity index (χ1n) is 11.8. The SMILES string of the molecule is Cc1cccc(N(CC(=O)N2CCN(c3cccc(C(F)(F)F)c3)CC2)S(=O)(=O)c2ccccc2)c1C. The van der Waals surface area contributed by atoms with Crippen molar-refractivity contribution >= 4 is 27.3 Å². The van der Waals surface area contributed by atoms with Crippen LogP contribution in [0.15, 0.2) is 77.7 Å². The number of amides is 1. The van der Waals surface area contributed by atoms with Crippen LogP contribution in [0.3, 0.4) is 0 Å². The number of benzene rings is 3. The van der Waals surface area contributed by atoms with Gasteiger partial charge in [0.1, 0.15) is 6.54 Å². The molecule has 0 aliphatic carbocycles. The Morgan fingerprint density at radius 1 is 0.892 bits per heavy atom. The van der Waals surface area contributed by atoms with E-state index in [2.05, 4.69) is 0 Å². The number of hydrogen-bond acceptors (Lipinski definition) is 4. The topological polar surface area (TPSA) is 60.9 Å². The van der Waals surface area contributed by atoms with Crippen molar-refractivity contribution in [2.45, 2.75) is 24.9 Å². The molecule has 0 aromatic heterocycles. The Labute approximate surface area is 215 Å². The van der Waals surface area contributed by atoms with Gasteiger partial charge in [0, 0.05) is 31.9 Å². The normalized spacial score (nSPS) is 14.5. The highest BCUT2D eigenvalue weighted by Gasteiger charge is 2.33. The first-order valence-corrected chi connectivity index (χ1v) is 13.3. The van der Waals surface area contributed by atoms with E-state index in [9.17, 15) is 26.4 Å². The number of rotatable bonds is 6. The van der Waals surface area contributed by atoms with E-state index in [4.69, 9.17) is 0 Å². The van der Waals surface area contributed by atoms with Crippen LogP contribution in [0.25, 0.3) is 0 Å². The van der Waals surface area contributed by atoms with Gasteiger partial charge < -0.3 is 9.80 Å². The lowest BCUT2D eigenvalue weighted by Crippen LogP contribution is -2.52. The molecular formula is C27H28F3N3O3S. The van der Waals surface area contributed by atoms with Gasteiger partial charge in [0.25, 0.3) is 10.0 Å². The van der Waals surface area contributed by atoms with Gasteiger partial charge in [-0.2, -0.15) is 13.2 Å². The summed E-state index contributed by atoms with van der Waals surface area (Å²) in [5.41, 5.74) is 1.79. The molecule has 0 radical (unpaired) electrons. The fourth-order valence-corrected chi connectivity index (χ4v) is 5.83. The fraction of sp³-hybridized carbons (Fsp3) is 0.296. The van der Waals surface area contributed by atoms with Crippen molar-refractivity contribution in [3.05, 3.63) is 89.5 Å². The first kappa shape index (κ1) is 26.5. The molecule has 0 bridgehead atoms. The van der Waals surface area contributed by atoms with Crippen LogP contribution in [-0.4, -0.2) is 51.9 Å². The molecule has 0 atom stereocenters. The Morgan fingerprint density at radius 3 is 2.19 bits per heavy atom. The van der Waals surface area contributed by atoms with Crippen molar-refractivity contribution in [1.29, 1.82) is 0 Å². The molecule has 1 saturated heterocycles. The van der Waals surface area contributed by atoms with Gasteiger partial charge in [0.05, 0.1) is 16.1 Å². The second-order valence-electron chi connectivity index (χ2n) is 8.96. The van der Waals surface area contributed by atoms with E-state index < -0.39 is 21.8 Å². The first-order chi connectivity index (χ1) is 17.5. The minimum atomic E-state index is -4.44. The molecule has 37 heavy (non-hydrogen) atoms. The number of anilines is 2. The molecule has 1 aliphatic heterocycles. The quantitative estimate of drug-likeness (QED) is 0.456. The van der Waals surface area contributed by atoms with Crippen LogP contribution in [0.5, 0.6) is 0 Å². The van der Waals surface area contributed by atoms with Gasteiger partial charge in [0.15, 0.2) is 0 Å². The van der Waals surface area contributed by atoms with Gasteiger partial charge in [-0.15, -0.1) is 0 Å². The van der Waals surface area contributed by atoms with E-state index in [0.29, 0.717) is 24.5 Å². The Hall–Kier alpha value is -3.53. The highest BCUT2D eigenvalue weighted by atomic mass is 32.2. The van der Waals surface area contributed by atoms with E-state index in [1.165, 1.54) is 18.2 Å². The molecule has 0 unspecified atom stereocenters. The summed E-state index contributed by atoms with van der Waals surface area (Å²) in [7, 11) is -4.03. The third kappa shape index (κ3) is 5.74. The number of carbonyl (C=O) groups is 1. The number of piperazine rings is 1. The van der Waals surface area contributed by atoms with Gasteiger partial charge in [-0.25, -0.2) is 8.42 Å². The smallest absolute Gasteiger partial charge is 0.368 e. The predicted octanol–water partition coefficient (Wildman–Crippen LogP) is 4.87. The Morgan fingerprint density at radius 2 is 1.54 bits per heavy atom. The number of hydrogen-bond donors (Lipinski definition) is 0. The largest absolute Gasteiger partial charge is 0.416 e. The van der Waals surface area contributed by atoms with Crippen LogP contribution in [0, 0.1) is 13.8 Å². The maximum Gasteiger partial charge on any atom is 0.416 e.